The van der Waals surface area contributed by atoms with Crippen LogP contribution in [0.3, 0.4) is 0 Å². The second kappa shape index (κ2) is 4.42. The van der Waals surface area contributed by atoms with E-state index in [0.29, 0.717) is 11.5 Å². The molecule has 3 nitrogen and oxygen atoms in total. The molecule has 0 saturated heterocycles. The number of aliphatic hydroxyl groups excluding tert-OH is 1. The van der Waals surface area contributed by atoms with Crippen LogP contribution in [-0.2, 0) is 4.79 Å². The maximum atomic E-state index is 10.5. The van der Waals surface area contributed by atoms with Crippen LogP contribution in [0, 0.1) is 5.92 Å². The standard InChI is InChI=1S/C10H16O3/c1-7(10(12)13)6-8-2-4-9(11)5-3-8/h6,8-9,11H,2-5H2,1H3,(H,12,13)/b7-6+. The maximum absolute atomic E-state index is 10.5. The van der Waals surface area contributed by atoms with Crippen molar-refractivity contribution in [1.29, 1.82) is 0 Å². The topological polar surface area (TPSA) is 57.5 Å². The summed E-state index contributed by atoms with van der Waals surface area (Å²) in [6.07, 6.45) is 5.06. The van der Waals surface area contributed by atoms with Gasteiger partial charge >= 0.3 is 5.97 Å². The van der Waals surface area contributed by atoms with Gasteiger partial charge in [-0.3, -0.25) is 0 Å². The third kappa shape index (κ3) is 3.19. The van der Waals surface area contributed by atoms with Crippen molar-refractivity contribution < 1.29 is 15.0 Å². The second-order valence-corrected chi connectivity index (χ2v) is 3.72. The van der Waals surface area contributed by atoms with Crippen LogP contribution in [-0.4, -0.2) is 22.3 Å². The summed E-state index contributed by atoms with van der Waals surface area (Å²) < 4.78 is 0. The van der Waals surface area contributed by atoms with Gasteiger partial charge in [0.15, 0.2) is 0 Å². The Kier molecular flexibility index (Phi) is 3.48. The Bertz CT molecular complexity index is 212. The largest absolute Gasteiger partial charge is 0.478 e. The number of hydrogen-bond acceptors (Lipinski definition) is 2. The highest BCUT2D eigenvalue weighted by Crippen LogP contribution is 2.25. The van der Waals surface area contributed by atoms with Gasteiger partial charge in [0.2, 0.25) is 0 Å². The molecule has 0 aromatic carbocycles. The molecule has 0 heterocycles. The zero-order valence-electron chi connectivity index (χ0n) is 7.86. The SMILES string of the molecule is C/C(=C\C1CCC(O)CC1)C(=O)O. The molecule has 1 aliphatic rings. The number of hydrogen-bond donors (Lipinski definition) is 2. The van der Waals surface area contributed by atoms with E-state index < -0.39 is 5.97 Å². The van der Waals surface area contributed by atoms with Crippen LogP contribution in [0.5, 0.6) is 0 Å². The first-order valence-corrected chi connectivity index (χ1v) is 4.69. The predicted molar refractivity (Wildman–Crippen MR) is 49.4 cm³/mol. The third-order valence-corrected chi connectivity index (χ3v) is 2.56. The van der Waals surface area contributed by atoms with E-state index >= 15 is 0 Å². The molecule has 0 radical (unpaired) electrons. The van der Waals surface area contributed by atoms with Gasteiger partial charge in [-0.05, 0) is 38.5 Å². The lowest BCUT2D eigenvalue weighted by molar-refractivity contribution is -0.132. The van der Waals surface area contributed by atoms with Gasteiger partial charge in [0.1, 0.15) is 0 Å². The summed E-state index contributed by atoms with van der Waals surface area (Å²) in [5.41, 5.74) is 0.418. The fourth-order valence-electron chi connectivity index (χ4n) is 1.69. The molecule has 0 spiro atoms. The van der Waals surface area contributed by atoms with Crippen molar-refractivity contribution in [3.63, 3.8) is 0 Å². The summed E-state index contributed by atoms with van der Waals surface area (Å²) in [4.78, 5) is 10.5. The molecule has 1 fully saturated rings. The molecule has 1 saturated carbocycles. The molecule has 1 rings (SSSR count). The van der Waals surface area contributed by atoms with E-state index in [0.717, 1.165) is 25.7 Å². The molecule has 0 amide bonds. The molecule has 74 valence electrons. The van der Waals surface area contributed by atoms with Crippen molar-refractivity contribution in [3.05, 3.63) is 11.6 Å². The second-order valence-electron chi connectivity index (χ2n) is 3.72. The molecule has 0 aliphatic heterocycles. The Hall–Kier alpha value is -0.830. The monoisotopic (exact) mass is 184 g/mol. The summed E-state index contributed by atoms with van der Waals surface area (Å²) in [6, 6.07) is 0. The van der Waals surface area contributed by atoms with E-state index in [1.54, 1.807) is 6.92 Å². The van der Waals surface area contributed by atoms with Crippen LogP contribution in [0.25, 0.3) is 0 Å². The van der Waals surface area contributed by atoms with Crippen molar-refractivity contribution in [2.75, 3.05) is 0 Å². The molecule has 2 N–H and O–H groups in total. The Morgan fingerprint density at radius 2 is 1.85 bits per heavy atom. The normalized spacial score (nSPS) is 30.2. The lowest BCUT2D eigenvalue weighted by atomic mass is 9.86. The molecule has 0 unspecified atom stereocenters. The molecule has 13 heavy (non-hydrogen) atoms. The quantitative estimate of drug-likeness (QED) is 0.640. The van der Waals surface area contributed by atoms with Gasteiger partial charge < -0.3 is 10.2 Å². The summed E-state index contributed by atoms with van der Waals surface area (Å²) >= 11 is 0. The van der Waals surface area contributed by atoms with Gasteiger partial charge in [-0.2, -0.15) is 0 Å². The lowest BCUT2D eigenvalue weighted by Crippen LogP contribution is -2.17. The van der Waals surface area contributed by atoms with Gasteiger partial charge in [-0.15, -0.1) is 0 Å². The molecule has 0 bridgehead atoms. The first kappa shape index (κ1) is 10.3. The molecule has 0 aromatic heterocycles. The Morgan fingerprint density at radius 3 is 2.31 bits per heavy atom. The number of carboxylic acid groups (broad SMARTS) is 1. The van der Waals surface area contributed by atoms with Crippen molar-refractivity contribution in [2.45, 2.75) is 38.7 Å². The average molecular weight is 184 g/mol. The molecule has 0 aromatic rings. The lowest BCUT2D eigenvalue weighted by Gasteiger charge is -2.22. The van der Waals surface area contributed by atoms with Crippen molar-refractivity contribution >= 4 is 5.97 Å². The van der Waals surface area contributed by atoms with Crippen LogP contribution in [0.4, 0.5) is 0 Å². The fraction of sp³-hybridized carbons (Fsp3) is 0.700. The summed E-state index contributed by atoms with van der Waals surface area (Å²) in [5.74, 6) is -0.495. The smallest absolute Gasteiger partial charge is 0.330 e. The van der Waals surface area contributed by atoms with E-state index in [4.69, 9.17) is 5.11 Å². The molecule has 3 heteroatoms. The number of allylic oxidation sites excluding steroid dienone is 1. The van der Waals surface area contributed by atoms with Gasteiger partial charge in [0.05, 0.1) is 6.10 Å². The number of aliphatic carboxylic acids is 1. The first-order chi connectivity index (χ1) is 6.09. The molecular formula is C10H16O3. The van der Waals surface area contributed by atoms with E-state index in [-0.39, 0.29) is 6.10 Å². The number of carbonyl (C=O) groups is 1. The van der Waals surface area contributed by atoms with E-state index in [2.05, 4.69) is 0 Å². The predicted octanol–water partition coefficient (Wildman–Crippen LogP) is 1.57. The zero-order valence-corrected chi connectivity index (χ0v) is 7.86. The minimum atomic E-state index is -0.842. The highest BCUT2D eigenvalue weighted by Gasteiger charge is 2.18. The molecule has 1 aliphatic carbocycles. The van der Waals surface area contributed by atoms with Crippen molar-refractivity contribution in [2.24, 2.45) is 5.92 Å². The van der Waals surface area contributed by atoms with Crippen molar-refractivity contribution in [1.82, 2.24) is 0 Å². The summed E-state index contributed by atoms with van der Waals surface area (Å²) in [7, 11) is 0. The number of aliphatic hydroxyl groups is 1. The Morgan fingerprint density at radius 1 is 1.31 bits per heavy atom. The van der Waals surface area contributed by atoms with Gasteiger partial charge in [-0.1, -0.05) is 6.08 Å². The molecule has 0 atom stereocenters. The van der Waals surface area contributed by atoms with Crippen LogP contribution in [0.15, 0.2) is 11.6 Å². The van der Waals surface area contributed by atoms with E-state index in [1.165, 1.54) is 0 Å². The van der Waals surface area contributed by atoms with Crippen LogP contribution in [0.1, 0.15) is 32.6 Å². The van der Waals surface area contributed by atoms with E-state index in [1.807, 2.05) is 6.08 Å². The highest BCUT2D eigenvalue weighted by atomic mass is 16.4. The highest BCUT2D eigenvalue weighted by molar-refractivity contribution is 5.85. The van der Waals surface area contributed by atoms with Crippen molar-refractivity contribution in [3.8, 4) is 0 Å². The fourth-order valence-corrected chi connectivity index (χ4v) is 1.69. The maximum Gasteiger partial charge on any atom is 0.330 e. The zero-order chi connectivity index (χ0) is 9.84. The first-order valence-electron chi connectivity index (χ1n) is 4.69. The third-order valence-electron chi connectivity index (χ3n) is 2.56. The van der Waals surface area contributed by atoms with Crippen LogP contribution >= 0.6 is 0 Å². The minimum Gasteiger partial charge on any atom is -0.478 e. The average Bonchev–Trinajstić information content (AvgIpc) is 2.08. The molecular weight excluding hydrogens is 168 g/mol. The number of rotatable bonds is 2. The summed E-state index contributed by atoms with van der Waals surface area (Å²) in [6.45, 7) is 1.62. The van der Waals surface area contributed by atoms with Crippen LogP contribution < -0.4 is 0 Å². The van der Waals surface area contributed by atoms with Crippen LogP contribution in [0.2, 0.25) is 0 Å². The minimum absolute atomic E-state index is 0.171. The number of carboxylic acids is 1. The Labute approximate surface area is 78.1 Å². The Balaban J connectivity index is 2.46. The van der Waals surface area contributed by atoms with E-state index in [9.17, 15) is 9.90 Å². The summed E-state index contributed by atoms with van der Waals surface area (Å²) in [5, 5.41) is 17.9. The van der Waals surface area contributed by atoms with Gasteiger partial charge in [0, 0.05) is 5.57 Å². The van der Waals surface area contributed by atoms with Gasteiger partial charge in [-0.25, -0.2) is 4.79 Å². The van der Waals surface area contributed by atoms with Gasteiger partial charge in [0.25, 0.3) is 0 Å².